The number of rotatable bonds is 5. The Bertz CT molecular complexity index is 719. The average Bonchev–Trinajstić information content (AvgIpc) is 2.57. The van der Waals surface area contributed by atoms with Gasteiger partial charge in [-0.2, -0.15) is 13.2 Å². The highest BCUT2D eigenvalue weighted by molar-refractivity contribution is 5.74. The Kier molecular flexibility index (Phi) is 4.83. The second-order valence-corrected chi connectivity index (χ2v) is 6.24. The Balaban J connectivity index is 1.82. The minimum Gasteiger partial charge on any atom is -0.494 e. The van der Waals surface area contributed by atoms with Crippen LogP contribution in [0.25, 0.3) is 11.1 Å². The molecule has 2 aromatic rings. The number of aryl methyl sites for hydroxylation is 2. The van der Waals surface area contributed by atoms with Crippen molar-refractivity contribution in [2.45, 2.75) is 45.2 Å². The largest absolute Gasteiger partial charge is 0.494 e. The van der Waals surface area contributed by atoms with Crippen LogP contribution in [0.4, 0.5) is 13.2 Å². The number of fused-ring (bicyclic) bond motifs is 3. The summed E-state index contributed by atoms with van der Waals surface area (Å²) in [6.07, 6.45) is 0.438. The molecule has 0 fully saturated rings. The quantitative estimate of drug-likeness (QED) is 0.606. The van der Waals surface area contributed by atoms with E-state index < -0.39 is 11.7 Å². The van der Waals surface area contributed by atoms with Gasteiger partial charge < -0.3 is 4.74 Å². The van der Waals surface area contributed by atoms with Crippen molar-refractivity contribution in [3.05, 3.63) is 53.1 Å². The van der Waals surface area contributed by atoms with E-state index in [9.17, 15) is 13.2 Å². The van der Waals surface area contributed by atoms with Gasteiger partial charge in [0.25, 0.3) is 0 Å². The molecular weight excluding hydrogens is 313 g/mol. The number of hydrogen-bond acceptors (Lipinski definition) is 1. The summed E-state index contributed by atoms with van der Waals surface area (Å²) in [7, 11) is 0. The zero-order chi connectivity index (χ0) is 17.2. The summed E-state index contributed by atoms with van der Waals surface area (Å²) in [4.78, 5) is 0. The minimum absolute atomic E-state index is 0.569. The zero-order valence-corrected chi connectivity index (χ0v) is 13.7. The standard InChI is InChI=1S/C20H21F3O/c1-2-3-4-11-24-17-8-10-19-15(13-17)6-5-14-12-16(20(21,22)23)7-9-18(14)19/h7-10,12-13H,2-6,11H2,1H3. The lowest BCUT2D eigenvalue weighted by molar-refractivity contribution is -0.137. The molecule has 0 N–H and O–H groups in total. The van der Waals surface area contributed by atoms with E-state index in [4.69, 9.17) is 4.74 Å². The van der Waals surface area contributed by atoms with Crippen molar-refractivity contribution in [3.63, 3.8) is 0 Å². The van der Waals surface area contributed by atoms with Crippen LogP contribution in [-0.2, 0) is 19.0 Å². The van der Waals surface area contributed by atoms with Gasteiger partial charge in [-0.1, -0.05) is 31.9 Å². The van der Waals surface area contributed by atoms with Gasteiger partial charge in [-0.15, -0.1) is 0 Å². The normalized spacial score (nSPS) is 13.3. The molecule has 0 atom stereocenters. The molecule has 2 aromatic carbocycles. The number of unbranched alkanes of at least 4 members (excludes halogenated alkanes) is 2. The highest BCUT2D eigenvalue weighted by Gasteiger charge is 2.31. The summed E-state index contributed by atoms with van der Waals surface area (Å²) < 4.78 is 44.4. The van der Waals surface area contributed by atoms with E-state index in [1.807, 2.05) is 18.2 Å². The molecule has 3 rings (SSSR count). The lowest BCUT2D eigenvalue weighted by atomic mass is 9.84. The summed E-state index contributed by atoms with van der Waals surface area (Å²) in [6.45, 7) is 2.86. The summed E-state index contributed by atoms with van der Waals surface area (Å²) >= 11 is 0. The van der Waals surface area contributed by atoms with Gasteiger partial charge >= 0.3 is 6.18 Å². The molecule has 0 radical (unpaired) electrons. The second kappa shape index (κ2) is 6.88. The van der Waals surface area contributed by atoms with Crippen LogP contribution < -0.4 is 4.74 Å². The third-order valence-electron chi connectivity index (χ3n) is 4.48. The molecule has 1 nitrogen and oxygen atoms in total. The molecule has 128 valence electrons. The zero-order valence-electron chi connectivity index (χ0n) is 13.7. The van der Waals surface area contributed by atoms with Crippen molar-refractivity contribution >= 4 is 0 Å². The van der Waals surface area contributed by atoms with Crippen molar-refractivity contribution < 1.29 is 17.9 Å². The topological polar surface area (TPSA) is 9.23 Å². The van der Waals surface area contributed by atoms with Crippen LogP contribution in [0.3, 0.4) is 0 Å². The Morgan fingerprint density at radius 3 is 2.25 bits per heavy atom. The van der Waals surface area contributed by atoms with Crippen LogP contribution in [-0.4, -0.2) is 6.61 Å². The Morgan fingerprint density at radius 2 is 1.58 bits per heavy atom. The first-order valence-corrected chi connectivity index (χ1v) is 8.45. The second-order valence-electron chi connectivity index (χ2n) is 6.24. The third kappa shape index (κ3) is 3.58. The van der Waals surface area contributed by atoms with E-state index in [0.717, 1.165) is 53.7 Å². The summed E-state index contributed by atoms with van der Waals surface area (Å²) in [6, 6.07) is 9.96. The van der Waals surface area contributed by atoms with Crippen molar-refractivity contribution in [1.29, 1.82) is 0 Å². The summed E-state index contributed by atoms with van der Waals surface area (Å²) in [5, 5.41) is 0. The number of hydrogen-bond donors (Lipinski definition) is 0. The van der Waals surface area contributed by atoms with E-state index in [1.54, 1.807) is 6.07 Å². The SMILES string of the molecule is CCCCCOc1ccc2c(c1)CCc1cc(C(F)(F)F)ccc1-2. The van der Waals surface area contributed by atoms with Gasteiger partial charge in [0, 0.05) is 0 Å². The van der Waals surface area contributed by atoms with Crippen molar-refractivity contribution in [2.24, 2.45) is 0 Å². The number of alkyl halides is 3. The van der Waals surface area contributed by atoms with E-state index >= 15 is 0 Å². The average molecular weight is 334 g/mol. The molecule has 0 spiro atoms. The first-order valence-electron chi connectivity index (χ1n) is 8.45. The molecule has 0 saturated carbocycles. The van der Waals surface area contributed by atoms with Gasteiger partial charge in [0.1, 0.15) is 5.75 Å². The van der Waals surface area contributed by atoms with E-state index in [0.29, 0.717) is 13.0 Å². The number of ether oxygens (including phenoxy) is 1. The first-order chi connectivity index (χ1) is 11.5. The van der Waals surface area contributed by atoms with Crippen LogP contribution in [0.15, 0.2) is 36.4 Å². The van der Waals surface area contributed by atoms with Crippen molar-refractivity contribution in [3.8, 4) is 16.9 Å². The molecule has 0 aromatic heterocycles. The molecule has 0 heterocycles. The van der Waals surface area contributed by atoms with Crippen LogP contribution in [0, 0.1) is 0 Å². The Morgan fingerprint density at radius 1 is 0.917 bits per heavy atom. The van der Waals surface area contributed by atoms with Crippen molar-refractivity contribution in [1.82, 2.24) is 0 Å². The number of benzene rings is 2. The fourth-order valence-electron chi connectivity index (χ4n) is 3.18. The maximum Gasteiger partial charge on any atom is 0.416 e. The predicted molar refractivity (Wildman–Crippen MR) is 89.3 cm³/mol. The monoisotopic (exact) mass is 334 g/mol. The minimum atomic E-state index is -4.29. The highest BCUT2D eigenvalue weighted by Crippen LogP contribution is 2.38. The van der Waals surface area contributed by atoms with Crippen LogP contribution >= 0.6 is 0 Å². The predicted octanol–water partition coefficient (Wildman–Crippen LogP) is 6.04. The highest BCUT2D eigenvalue weighted by atomic mass is 19.4. The van der Waals surface area contributed by atoms with Crippen molar-refractivity contribution in [2.75, 3.05) is 6.61 Å². The molecule has 0 unspecified atom stereocenters. The van der Waals surface area contributed by atoms with Gasteiger partial charge in [0.2, 0.25) is 0 Å². The first kappa shape index (κ1) is 16.9. The maximum absolute atomic E-state index is 12.9. The van der Waals surface area contributed by atoms with Crippen LogP contribution in [0.1, 0.15) is 42.9 Å². The molecule has 0 aliphatic heterocycles. The summed E-state index contributed by atoms with van der Waals surface area (Å²) in [5.41, 5.74) is 3.28. The lowest BCUT2D eigenvalue weighted by Crippen LogP contribution is -2.09. The molecule has 1 aliphatic carbocycles. The Labute approximate surface area is 140 Å². The summed E-state index contributed by atoms with van der Waals surface area (Å²) in [5.74, 6) is 0.847. The van der Waals surface area contributed by atoms with Crippen LogP contribution in [0.2, 0.25) is 0 Å². The third-order valence-corrected chi connectivity index (χ3v) is 4.48. The Hall–Kier alpha value is -1.97. The van der Waals surface area contributed by atoms with E-state index in [2.05, 4.69) is 6.92 Å². The molecule has 0 bridgehead atoms. The lowest BCUT2D eigenvalue weighted by Gasteiger charge is -2.22. The van der Waals surface area contributed by atoms with Crippen LogP contribution in [0.5, 0.6) is 5.75 Å². The molecular formula is C20H21F3O. The smallest absolute Gasteiger partial charge is 0.416 e. The van der Waals surface area contributed by atoms with E-state index in [-0.39, 0.29) is 0 Å². The van der Waals surface area contributed by atoms with E-state index in [1.165, 1.54) is 12.1 Å². The fraction of sp³-hybridized carbons (Fsp3) is 0.400. The molecule has 0 amide bonds. The van der Waals surface area contributed by atoms with Gasteiger partial charge in [-0.3, -0.25) is 0 Å². The van der Waals surface area contributed by atoms with Gasteiger partial charge in [-0.05, 0) is 65.8 Å². The van der Waals surface area contributed by atoms with Gasteiger partial charge in [0.15, 0.2) is 0 Å². The fourth-order valence-corrected chi connectivity index (χ4v) is 3.18. The molecule has 4 heteroatoms. The maximum atomic E-state index is 12.9. The van der Waals surface area contributed by atoms with Gasteiger partial charge in [0.05, 0.1) is 12.2 Å². The van der Waals surface area contributed by atoms with Gasteiger partial charge in [-0.25, -0.2) is 0 Å². The number of halogens is 3. The molecule has 24 heavy (non-hydrogen) atoms. The molecule has 1 aliphatic rings. The molecule has 0 saturated heterocycles.